The van der Waals surface area contributed by atoms with E-state index in [-0.39, 0.29) is 10.8 Å². The van der Waals surface area contributed by atoms with Crippen molar-refractivity contribution in [3.63, 3.8) is 0 Å². The summed E-state index contributed by atoms with van der Waals surface area (Å²) < 4.78 is 0. The second kappa shape index (κ2) is 16.8. The van der Waals surface area contributed by atoms with E-state index < -0.39 is 0 Å². The molecule has 0 saturated carbocycles. The van der Waals surface area contributed by atoms with Crippen LogP contribution in [0.3, 0.4) is 0 Å². The summed E-state index contributed by atoms with van der Waals surface area (Å²) >= 11 is 0. The molecule has 0 radical (unpaired) electrons. The van der Waals surface area contributed by atoms with Crippen molar-refractivity contribution >= 4 is 88.0 Å². The summed E-state index contributed by atoms with van der Waals surface area (Å²) in [4.78, 5) is 5.04. The highest BCUT2D eigenvalue weighted by molar-refractivity contribution is 6.32. The minimum Gasteiger partial charge on any atom is -0.309 e. The van der Waals surface area contributed by atoms with Crippen LogP contribution in [0.15, 0.2) is 231 Å². The first-order chi connectivity index (χ1) is 34.0. The fourth-order valence-corrected chi connectivity index (χ4v) is 10.9. The smallest absolute Gasteiger partial charge is 0.0547 e. The molecule has 0 unspecified atom stereocenters. The molecule has 2 heteroatoms. The zero-order chi connectivity index (χ0) is 47.7. The van der Waals surface area contributed by atoms with Gasteiger partial charge in [0.05, 0.1) is 22.7 Å². The second-order valence-corrected chi connectivity index (χ2v) is 21.0. The van der Waals surface area contributed by atoms with Crippen molar-refractivity contribution in [3.8, 4) is 22.3 Å². The third-order valence-electron chi connectivity index (χ3n) is 14.5. The fraction of sp³-hybridized carbons (Fsp3) is 0.118. The van der Waals surface area contributed by atoms with Crippen molar-refractivity contribution in [2.75, 3.05) is 9.80 Å². The number of nitrogens with zero attached hydrogens (tertiary/aromatic N) is 2. The zero-order valence-electron chi connectivity index (χ0n) is 40.8. The molecule has 0 aliphatic heterocycles. The lowest BCUT2D eigenvalue weighted by Crippen LogP contribution is -2.14. The van der Waals surface area contributed by atoms with Crippen molar-refractivity contribution in [1.29, 1.82) is 0 Å². The van der Waals surface area contributed by atoms with Gasteiger partial charge in [-0.2, -0.15) is 0 Å². The van der Waals surface area contributed by atoms with Gasteiger partial charge in [0.1, 0.15) is 0 Å². The van der Waals surface area contributed by atoms with Gasteiger partial charge in [-0.1, -0.05) is 224 Å². The Morgan fingerprint density at radius 1 is 0.271 bits per heavy atom. The number of hydrogen-bond acceptors (Lipinski definition) is 2. The standard InChI is InChI=1S/C68H56N2/c1-67(2,3)49-31-35-51(36-32-49)69(61-29-17-25-45-23-13-15-27-53(45)61)63-43-59(47-19-9-7-10-20-47)55-40-42-58-64(44-60(48-21-11-8-12-22-48)56-39-41-57(63)65(55)66(56)58)70(52-37-33-50(34-38-52)68(4,5)6)62-30-18-26-46-24-14-16-28-54(46)62/h7-44H,1-6H3. The fourth-order valence-electron chi connectivity index (χ4n) is 10.9. The first-order valence-electron chi connectivity index (χ1n) is 24.7. The molecule has 0 saturated heterocycles. The van der Waals surface area contributed by atoms with E-state index in [9.17, 15) is 0 Å². The van der Waals surface area contributed by atoms with E-state index in [4.69, 9.17) is 0 Å². The topological polar surface area (TPSA) is 6.48 Å². The van der Waals surface area contributed by atoms with Gasteiger partial charge in [0.15, 0.2) is 0 Å². The molecule has 0 fully saturated rings. The van der Waals surface area contributed by atoms with Gasteiger partial charge in [-0.05, 0) is 114 Å². The van der Waals surface area contributed by atoms with Gasteiger partial charge in [0.2, 0.25) is 0 Å². The molecule has 338 valence electrons. The normalized spacial score (nSPS) is 12.1. The van der Waals surface area contributed by atoms with Crippen LogP contribution in [0.25, 0.3) is 76.1 Å². The van der Waals surface area contributed by atoms with Gasteiger partial charge in [-0.15, -0.1) is 0 Å². The molecule has 0 aliphatic rings. The van der Waals surface area contributed by atoms with Crippen LogP contribution in [0.2, 0.25) is 0 Å². The van der Waals surface area contributed by atoms with Gasteiger partial charge < -0.3 is 9.80 Å². The van der Waals surface area contributed by atoms with Gasteiger partial charge in [0.25, 0.3) is 0 Å². The van der Waals surface area contributed by atoms with Crippen LogP contribution in [0.1, 0.15) is 52.7 Å². The number of hydrogen-bond donors (Lipinski definition) is 0. The molecule has 0 spiro atoms. The Labute approximate surface area is 412 Å². The van der Waals surface area contributed by atoms with E-state index in [0.29, 0.717) is 0 Å². The largest absolute Gasteiger partial charge is 0.309 e. The molecule has 0 amide bonds. The molecule has 0 heterocycles. The predicted octanol–water partition coefficient (Wildman–Crippen LogP) is 19.8. The van der Waals surface area contributed by atoms with Gasteiger partial charge in [0, 0.05) is 43.7 Å². The summed E-state index contributed by atoms with van der Waals surface area (Å²) in [5, 5.41) is 12.2. The van der Waals surface area contributed by atoms with Gasteiger partial charge in [-0.3, -0.25) is 0 Å². The Balaban J connectivity index is 1.24. The van der Waals surface area contributed by atoms with Crippen molar-refractivity contribution in [3.05, 3.63) is 242 Å². The number of rotatable bonds is 8. The Kier molecular flexibility index (Phi) is 10.3. The first-order valence-corrected chi connectivity index (χ1v) is 24.7. The third kappa shape index (κ3) is 7.34. The number of benzene rings is 12. The molecule has 12 aromatic carbocycles. The van der Waals surface area contributed by atoms with Crippen LogP contribution in [-0.4, -0.2) is 0 Å². The molecular weight excluding hydrogens is 845 g/mol. The lowest BCUT2D eigenvalue weighted by atomic mass is 9.84. The van der Waals surface area contributed by atoms with Crippen LogP contribution in [0, 0.1) is 0 Å². The van der Waals surface area contributed by atoms with E-state index in [2.05, 4.69) is 282 Å². The van der Waals surface area contributed by atoms with E-state index in [0.717, 1.165) is 34.1 Å². The van der Waals surface area contributed by atoms with E-state index in [1.807, 2.05) is 0 Å². The maximum absolute atomic E-state index is 2.52. The van der Waals surface area contributed by atoms with Crippen LogP contribution in [0.5, 0.6) is 0 Å². The van der Waals surface area contributed by atoms with Crippen LogP contribution in [-0.2, 0) is 10.8 Å². The highest BCUT2D eigenvalue weighted by atomic mass is 15.2. The third-order valence-corrected chi connectivity index (χ3v) is 14.5. The second-order valence-electron chi connectivity index (χ2n) is 21.0. The summed E-state index contributed by atoms with van der Waals surface area (Å²) in [5.41, 5.74) is 14.2. The monoisotopic (exact) mass is 900 g/mol. The molecule has 0 aromatic heterocycles. The maximum atomic E-state index is 2.52. The summed E-state index contributed by atoms with van der Waals surface area (Å²) in [6.45, 7) is 13.7. The maximum Gasteiger partial charge on any atom is 0.0547 e. The molecular formula is C68H56N2. The van der Waals surface area contributed by atoms with Crippen molar-refractivity contribution in [2.45, 2.75) is 52.4 Å². The Morgan fingerprint density at radius 2 is 0.614 bits per heavy atom. The van der Waals surface area contributed by atoms with Crippen molar-refractivity contribution < 1.29 is 0 Å². The first kappa shape index (κ1) is 43.1. The highest BCUT2D eigenvalue weighted by Crippen LogP contribution is 2.53. The average molecular weight is 901 g/mol. The number of fused-ring (bicyclic) bond motifs is 2. The van der Waals surface area contributed by atoms with Crippen LogP contribution < -0.4 is 9.80 Å². The molecule has 2 nitrogen and oxygen atoms in total. The predicted molar refractivity (Wildman–Crippen MR) is 303 cm³/mol. The van der Waals surface area contributed by atoms with Crippen LogP contribution >= 0.6 is 0 Å². The van der Waals surface area contributed by atoms with E-state index in [1.54, 1.807) is 0 Å². The summed E-state index contributed by atoms with van der Waals surface area (Å²) in [5.74, 6) is 0. The molecule has 0 N–H and O–H groups in total. The van der Waals surface area contributed by atoms with Crippen molar-refractivity contribution in [1.82, 2.24) is 0 Å². The van der Waals surface area contributed by atoms with E-state index >= 15 is 0 Å². The average Bonchev–Trinajstić information content (AvgIpc) is 3.39. The lowest BCUT2D eigenvalue weighted by molar-refractivity contribution is 0.590. The summed E-state index contributed by atoms with van der Waals surface area (Å²) in [7, 11) is 0. The SMILES string of the molecule is CC(C)(C)c1ccc(N(c2cccc3ccccc23)c2cc(-c3ccccc3)c3ccc4c(N(c5ccc(C(C)(C)C)cc5)c5cccc6ccccc56)cc(-c5ccccc5)c5ccc2c3c54)cc1. The molecule has 70 heavy (non-hydrogen) atoms. The van der Waals surface area contributed by atoms with Crippen LogP contribution in [0.4, 0.5) is 34.1 Å². The van der Waals surface area contributed by atoms with Gasteiger partial charge >= 0.3 is 0 Å². The minimum absolute atomic E-state index is 0.0129. The Morgan fingerprint density at radius 3 is 1.00 bits per heavy atom. The Hall–Kier alpha value is -8.20. The molecule has 0 atom stereocenters. The molecule has 0 bridgehead atoms. The molecule has 12 aromatic rings. The lowest BCUT2D eigenvalue weighted by Gasteiger charge is -2.32. The number of anilines is 6. The molecule has 0 aliphatic carbocycles. The molecule has 12 rings (SSSR count). The minimum atomic E-state index is 0.0129. The highest BCUT2D eigenvalue weighted by Gasteiger charge is 2.27. The van der Waals surface area contributed by atoms with Crippen molar-refractivity contribution in [2.24, 2.45) is 0 Å². The summed E-state index contributed by atoms with van der Waals surface area (Å²) in [6.07, 6.45) is 0. The summed E-state index contributed by atoms with van der Waals surface area (Å²) in [6, 6.07) is 86.0. The van der Waals surface area contributed by atoms with E-state index in [1.165, 1.54) is 87.2 Å². The van der Waals surface area contributed by atoms with Gasteiger partial charge in [-0.25, -0.2) is 0 Å². The quantitative estimate of drug-likeness (QED) is 0.140. The zero-order valence-corrected chi connectivity index (χ0v) is 40.8. The Bertz CT molecular complexity index is 3610.